The largest absolute Gasteiger partial charge is 0.493 e. The molecule has 1 amide bonds. The number of furan rings is 1. The number of carbonyl (C=O) groups excluding carboxylic acids is 1. The first-order valence-corrected chi connectivity index (χ1v) is 11.8. The number of hydrogen-bond acceptors (Lipinski definition) is 9. The van der Waals surface area contributed by atoms with E-state index in [0.29, 0.717) is 45.3 Å². The second-order valence-corrected chi connectivity index (χ2v) is 8.33. The van der Waals surface area contributed by atoms with Gasteiger partial charge < -0.3 is 18.6 Å². The number of thioether (sulfide) groups is 1. The Morgan fingerprint density at radius 3 is 2.36 bits per heavy atom. The molecule has 0 saturated heterocycles. The molecule has 4 aromatic rings. The first-order valence-electron chi connectivity index (χ1n) is 10.9. The first kappa shape index (κ1) is 24.9. The number of hydrazone groups is 1. The number of nitrogens with zero attached hydrogens (tertiary/aromatic N) is 4. The maximum absolute atomic E-state index is 12.5. The van der Waals surface area contributed by atoms with Crippen molar-refractivity contribution in [2.75, 3.05) is 27.1 Å². The minimum Gasteiger partial charge on any atom is -0.493 e. The number of nitrogens with one attached hydrogen (secondary N) is 1. The second kappa shape index (κ2) is 11.5. The molecule has 186 valence electrons. The Bertz CT molecular complexity index is 1330. The summed E-state index contributed by atoms with van der Waals surface area (Å²) >= 11 is 1.24. The molecule has 2 aromatic carbocycles. The maximum Gasteiger partial charge on any atom is 0.250 e. The third kappa shape index (κ3) is 5.36. The maximum atomic E-state index is 12.5. The van der Waals surface area contributed by atoms with Crippen LogP contribution in [0.25, 0.3) is 17.1 Å². The Kier molecular flexibility index (Phi) is 7.91. The summed E-state index contributed by atoms with van der Waals surface area (Å²) in [5, 5.41) is 13.4. The van der Waals surface area contributed by atoms with Crippen molar-refractivity contribution in [1.29, 1.82) is 0 Å². The molecule has 0 bridgehead atoms. The molecule has 2 aromatic heterocycles. The molecule has 1 N–H and O–H groups in total. The summed E-state index contributed by atoms with van der Waals surface area (Å²) in [5.74, 6) is 2.39. The lowest BCUT2D eigenvalue weighted by atomic mass is 10.1. The number of methoxy groups -OCH3 is 3. The highest BCUT2D eigenvalue weighted by molar-refractivity contribution is 7.99. The molecule has 0 fully saturated rings. The van der Waals surface area contributed by atoms with E-state index in [1.54, 1.807) is 58.8 Å². The summed E-state index contributed by atoms with van der Waals surface area (Å²) in [4.78, 5) is 12.5. The van der Waals surface area contributed by atoms with Gasteiger partial charge in [-0.2, -0.15) is 5.10 Å². The molecule has 0 atom stereocenters. The van der Waals surface area contributed by atoms with Crippen LogP contribution in [0.4, 0.5) is 0 Å². The molecule has 36 heavy (non-hydrogen) atoms. The predicted octanol–water partition coefficient (Wildman–Crippen LogP) is 4.19. The molecule has 11 heteroatoms. The molecular formula is C25H25N5O5S. The van der Waals surface area contributed by atoms with E-state index < -0.39 is 0 Å². The van der Waals surface area contributed by atoms with Gasteiger partial charge in [-0.1, -0.05) is 30.0 Å². The van der Waals surface area contributed by atoms with Gasteiger partial charge in [0.25, 0.3) is 5.91 Å². The van der Waals surface area contributed by atoms with Crippen LogP contribution < -0.4 is 19.6 Å². The number of rotatable bonds is 10. The fraction of sp³-hybridized carbons (Fsp3) is 0.200. The lowest BCUT2D eigenvalue weighted by Crippen LogP contribution is -2.21. The van der Waals surface area contributed by atoms with Gasteiger partial charge in [-0.05, 0) is 43.3 Å². The number of amides is 1. The lowest BCUT2D eigenvalue weighted by Gasteiger charge is -2.15. The van der Waals surface area contributed by atoms with E-state index in [2.05, 4.69) is 20.7 Å². The van der Waals surface area contributed by atoms with Crippen molar-refractivity contribution < 1.29 is 23.4 Å². The minimum absolute atomic E-state index is 0.0785. The first-order chi connectivity index (χ1) is 17.5. The zero-order valence-electron chi connectivity index (χ0n) is 20.2. The zero-order chi connectivity index (χ0) is 25.5. The normalized spacial score (nSPS) is 11.3. The van der Waals surface area contributed by atoms with E-state index in [-0.39, 0.29) is 11.7 Å². The van der Waals surface area contributed by atoms with Crippen molar-refractivity contribution in [1.82, 2.24) is 20.2 Å². The van der Waals surface area contributed by atoms with Crippen molar-refractivity contribution in [3.63, 3.8) is 0 Å². The van der Waals surface area contributed by atoms with Gasteiger partial charge >= 0.3 is 0 Å². The Balaban J connectivity index is 1.63. The summed E-state index contributed by atoms with van der Waals surface area (Å²) < 4.78 is 23.6. The molecule has 0 saturated carbocycles. The summed E-state index contributed by atoms with van der Waals surface area (Å²) in [5.41, 5.74) is 4.65. The molecule has 0 aliphatic rings. The van der Waals surface area contributed by atoms with Crippen LogP contribution in [-0.2, 0) is 4.79 Å². The van der Waals surface area contributed by atoms with Crippen molar-refractivity contribution >= 4 is 23.4 Å². The third-order valence-electron chi connectivity index (χ3n) is 5.13. The van der Waals surface area contributed by atoms with Crippen LogP contribution in [0.1, 0.15) is 12.7 Å². The molecule has 0 spiro atoms. The average molecular weight is 508 g/mol. The fourth-order valence-corrected chi connectivity index (χ4v) is 4.16. The summed E-state index contributed by atoms with van der Waals surface area (Å²) in [7, 11) is 4.66. The van der Waals surface area contributed by atoms with Crippen molar-refractivity contribution in [3.8, 4) is 34.3 Å². The van der Waals surface area contributed by atoms with Crippen molar-refractivity contribution in [3.05, 3.63) is 66.6 Å². The number of ether oxygens (including phenoxy) is 3. The van der Waals surface area contributed by atoms with Crippen LogP contribution >= 0.6 is 11.8 Å². The Morgan fingerprint density at radius 2 is 1.75 bits per heavy atom. The van der Waals surface area contributed by atoms with Crippen LogP contribution in [0.15, 0.2) is 75.5 Å². The van der Waals surface area contributed by atoms with Gasteiger partial charge in [0.15, 0.2) is 22.5 Å². The summed E-state index contributed by atoms with van der Waals surface area (Å²) in [6, 6.07) is 16.8. The van der Waals surface area contributed by atoms with Gasteiger partial charge in [0.1, 0.15) is 11.5 Å². The number of benzene rings is 2. The molecular weight excluding hydrogens is 482 g/mol. The highest BCUT2D eigenvalue weighted by Gasteiger charge is 2.21. The van der Waals surface area contributed by atoms with E-state index in [0.717, 1.165) is 5.69 Å². The van der Waals surface area contributed by atoms with Crippen molar-refractivity contribution in [2.24, 2.45) is 5.10 Å². The van der Waals surface area contributed by atoms with E-state index in [4.69, 9.17) is 18.6 Å². The van der Waals surface area contributed by atoms with Gasteiger partial charge in [-0.25, -0.2) is 5.43 Å². The monoisotopic (exact) mass is 507 g/mol. The number of carbonyl (C=O) groups is 1. The molecule has 0 radical (unpaired) electrons. The standard InChI is InChI=1S/C25H25N5O5S/c1-16(19-11-8-12-35-19)26-27-22(31)15-36-25-29-28-24(30(25)18-9-6-5-7-10-18)17-13-20(32-2)23(34-4)21(14-17)33-3/h5-14H,15H2,1-4H3,(H,27,31)/b26-16+. The molecule has 10 nitrogen and oxygen atoms in total. The minimum atomic E-state index is -0.289. The van der Waals surface area contributed by atoms with Crippen LogP contribution in [0.3, 0.4) is 0 Å². The predicted molar refractivity (Wildman–Crippen MR) is 136 cm³/mol. The quantitative estimate of drug-likeness (QED) is 0.193. The highest BCUT2D eigenvalue weighted by Crippen LogP contribution is 2.41. The second-order valence-electron chi connectivity index (χ2n) is 7.39. The topological polar surface area (TPSA) is 113 Å². The SMILES string of the molecule is COc1cc(-c2nnc(SCC(=O)N/N=C(\C)c3ccco3)n2-c2ccccc2)cc(OC)c1OC. The Morgan fingerprint density at radius 1 is 1.03 bits per heavy atom. The highest BCUT2D eigenvalue weighted by atomic mass is 32.2. The molecule has 0 aliphatic heterocycles. The Hall–Kier alpha value is -4.25. The molecule has 0 aliphatic carbocycles. The van der Waals surface area contributed by atoms with E-state index in [1.807, 2.05) is 34.9 Å². The number of hydrogen-bond donors (Lipinski definition) is 1. The van der Waals surface area contributed by atoms with Crippen LogP contribution in [0.5, 0.6) is 17.2 Å². The number of para-hydroxylation sites is 1. The smallest absolute Gasteiger partial charge is 0.250 e. The summed E-state index contributed by atoms with van der Waals surface area (Å²) in [6.07, 6.45) is 1.55. The van der Waals surface area contributed by atoms with E-state index in [9.17, 15) is 4.79 Å². The average Bonchev–Trinajstić information content (AvgIpc) is 3.61. The molecule has 0 unspecified atom stereocenters. The van der Waals surface area contributed by atoms with Crippen LogP contribution in [-0.4, -0.2) is 53.5 Å². The lowest BCUT2D eigenvalue weighted by molar-refractivity contribution is -0.118. The van der Waals surface area contributed by atoms with Gasteiger partial charge in [0, 0.05) is 11.3 Å². The van der Waals surface area contributed by atoms with Crippen LogP contribution in [0, 0.1) is 0 Å². The van der Waals surface area contributed by atoms with Crippen molar-refractivity contribution in [2.45, 2.75) is 12.1 Å². The van der Waals surface area contributed by atoms with Gasteiger partial charge in [-0.3, -0.25) is 9.36 Å². The van der Waals surface area contributed by atoms with E-state index in [1.165, 1.54) is 11.8 Å². The summed E-state index contributed by atoms with van der Waals surface area (Å²) in [6.45, 7) is 1.75. The van der Waals surface area contributed by atoms with Gasteiger partial charge in [0.05, 0.1) is 33.3 Å². The van der Waals surface area contributed by atoms with Crippen LogP contribution in [0.2, 0.25) is 0 Å². The molecule has 4 rings (SSSR count). The van der Waals surface area contributed by atoms with Gasteiger partial charge in [0.2, 0.25) is 5.75 Å². The third-order valence-corrected chi connectivity index (χ3v) is 6.06. The number of aromatic nitrogens is 3. The zero-order valence-corrected chi connectivity index (χ0v) is 21.0. The van der Waals surface area contributed by atoms with Gasteiger partial charge in [-0.15, -0.1) is 10.2 Å². The fourth-order valence-electron chi connectivity index (χ4n) is 3.42. The van der Waals surface area contributed by atoms with E-state index >= 15 is 0 Å². The Labute approximate surface area is 212 Å². The molecule has 2 heterocycles.